The van der Waals surface area contributed by atoms with Crippen LogP contribution in [-0.2, 0) is 0 Å². The van der Waals surface area contributed by atoms with E-state index in [1.165, 1.54) is 6.92 Å². The van der Waals surface area contributed by atoms with E-state index in [0.29, 0.717) is 6.07 Å². The van der Waals surface area contributed by atoms with Crippen LogP contribution in [0.4, 0.5) is 10.1 Å². The fourth-order valence-electron chi connectivity index (χ4n) is 1.18. The summed E-state index contributed by atoms with van der Waals surface area (Å²) in [6, 6.07) is 2.67. The first kappa shape index (κ1) is 13.0. The van der Waals surface area contributed by atoms with E-state index in [9.17, 15) is 19.3 Å². The number of nitrogens with one attached hydrogen (secondary N) is 1. The molecule has 0 aromatic heterocycles. The lowest BCUT2D eigenvalue weighted by molar-refractivity contribution is -0.385. The molecular formula is C10H11FN2O4. The zero-order valence-electron chi connectivity index (χ0n) is 9.01. The lowest BCUT2D eigenvalue weighted by Crippen LogP contribution is -2.31. The maximum Gasteiger partial charge on any atom is 0.285 e. The molecule has 0 aliphatic carbocycles. The van der Waals surface area contributed by atoms with Gasteiger partial charge in [0, 0.05) is 6.54 Å². The third-order valence-electron chi connectivity index (χ3n) is 1.96. The van der Waals surface area contributed by atoms with Gasteiger partial charge >= 0.3 is 0 Å². The summed E-state index contributed by atoms with van der Waals surface area (Å²) >= 11 is 0. The molecule has 0 bridgehead atoms. The molecule has 1 aromatic rings. The van der Waals surface area contributed by atoms with Crippen LogP contribution in [0.2, 0.25) is 0 Å². The van der Waals surface area contributed by atoms with Crippen molar-refractivity contribution in [2.24, 2.45) is 0 Å². The molecule has 0 spiro atoms. The average molecular weight is 242 g/mol. The summed E-state index contributed by atoms with van der Waals surface area (Å²) in [6.45, 7) is 1.42. The number of carbonyl (C=O) groups excluding carboxylic acids is 1. The van der Waals surface area contributed by atoms with Gasteiger partial charge in [-0.05, 0) is 19.1 Å². The van der Waals surface area contributed by atoms with Crippen molar-refractivity contribution < 1.29 is 19.2 Å². The average Bonchev–Trinajstić information content (AvgIpc) is 2.25. The van der Waals surface area contributed by atoms with Crippen molar-refractivity contribution >= 4 is 11.6 Å². The van der Waals surface area contributed by atoms with Crippen molar-refractivity contribution in [3.05, 3.63) is 39.7 Å². The molecule has 0 radical (unpaired) electrons. The number of aliphatic hydroxyl groups is 1. The minimum absolute atomic E-state index is 0.0344. The number of halogens is 1. The minimum atomic E-state index is -0.833. The molecule has 1 rings (SSSR count). The normalized spacial score (nSPS) is 11.9. The number of nitrogens with zero attached hydrogens (tertiary/aromatic N) is 1. The largest absolute Gasteiger partial charge is 0.392 e. The summed E-state index contributed by atoms with van der Waals surface area (Å²) in [5, 5.41) is 21.9. The number of nitro benzene ring substituents is 1. The van der Waals surface area contributed by atoms with Crippen LogP contribution in [0.1, 0.15) is 17.3 Å². The third-order valence-corrected chi connectivity index (χ3v) is 1.96. The van der Waals surface area contributed by atoms with Crippen LogP contribution in [0.3, 0.4) is 0 Å². The van der Waals surface area contributed by atoms with Gasteiger partial charge in [0.05, 0.1) is 17.1 Å². The van der Waals surface area contributed by atoms with Crippen LogP contribution in [0, 0.1) is 15.9 Å². The standard InChI is InChI=1S/C10H11FN2O4/c1-6(14)5-12-10(15)8-3-2-7(11)4-9(8)13(16)17/h2-4,6,14H,5H2,1H3,(H,12,15)/t6-/m1/s1. The maximum atomic E-state index is 12.8. The topological polar surface area (TPSA) is 92.5 Å². The number of hydrogen-bond acceptors (Lipinski definition) is 4. The number of carbonyl (C=O) groups is 1. The first-order chi connectivity index (χ1) is 7.91. The number of amides is 1. The molecule has 1 amide bonds. The third kappa shape index (κ3) is 3.49. The summed E-state index contributed by atoms with van der Waals surface area (Å²) in [5.74, 6) is -1.51. The van der Waals surface area contributed by atoms with Gasteiger partial charge in [-0.1, -0.05) is 0 Å². The molecule has 17 heavy (non-hydrogen) atoms. The molecule has 0 aliphatic heterocycles. The molecule has 0 saturated carbocycles. The van der Waals surface area contributed by atoms with Crippen molar-refractivity contribution in [1.82, 2.24) is 5.32 Å². The lowest BCUT2D eigenvalue weighted by atomic mass is 10.1. The minimum Gasteiger partial charge on any atom is -0.392 e. The van der Waals surface area contributed by atoms with Gasteiger partial charge in [-0.15, -0.1) is 0 Å². The molecule has 1 atom stereocenters. The Bertz CT molecular complexity index is 448. The van der Waals surface area contributed by atoms with Crippen LogP contribution in [0.25, 0.3) is 0 Å². The van der Waals surface area contributed by atoms with Crippen LogP contribution in [0.5, 0.6) is 0 Å². The molecule has 92 valence electrons. The van der Waals surface area contributed by atoms with Crippen molar-refractivity contribution in [2.45, 2.75) is 13.0 Å². The van der Waals surface area contributed by atoms with E-state index in [0.717, 1.165) is 12.1 Å². The number of aliphatic hydroxyl groups excluding tert-OH is 1. The summed E-state index contributed by atoms with van der Waals surface area (Å²) in [4.78, 5) is 21.3. The molecule has 0 heterocycles. The highest BCUT2D eigenvalue weighted by Crippen LogP contribution is 2.19. The maximum absolute atomic E-state index is 12.8. The van der Waals surface area contributed by atoms with Gasteiger partial charge in [0.2, 0.25) is 0 Å². The molecule has 0 saturated heterocycles. The predicted octanol–water partition coefficient (Wildman–Crippen LogP) is 0.845. The van der Waals surface area contributed by atoms with Crippen LogP contribution in [-0.4, -0.2) is 28.6 Å². The Morgan fingerprint density at radius 1 is 1.65 bits per heavy atom. The molecule has 0 fully saturated rings. The molecular weight excluding hydrogens is 231 g/mol. The lowest BCUT2D eigenvalue weighted by Gasteiger charge is -2.07. The highest BCUT2D eigenvalue weighted by Gasteiger charge is 2.20. The monoisotopic (exact) mass is 242 g/mol. The smallest absolute Gasteiger partial charge is 0.285 e. The van der Waals surface area contributed by atoms with E-state index < -0.39 is 28.4 Å². The van der Waals surface area contributed by atoms with Crippen molar-refractivity contribution in [3.63, 3.8) is 0 Å². The molecule has 2 N–H and O–H groups in total. The number of hydrogen-bond donors (Lipinski definition) is 2. The van der Waals surface area contributed by atoms with Gasteiger partial charge in [-0.3, -0.25) is 14.9 Å². The van der Waals surface area contributed by atoms with Gasteiger partial charge in [-0.2, -0.15) is 0 Å². The van der Waals surface area contributed by atoms with Gasteiger partial charge in [-0.25, -0.2) is 4.39 Å². The van der Waals surface area contributed by atoms with Crippen molar-refractivity contribution in [2.75, 3.05) is 6.54 Å². The van der Waals surface area contributed by atoms with E-state index in [4.69, 9.17) is 5.11 Å². The Labute approximate surface area is 96.2 Å². The molecule has 6 nitrogen and oxygen atoms in total. The zero-order chi connectivity index (χ0) is 13.0. The van der Waals surface area contributed by atoms with E-state index in [1.54, 1.807) is 0 Å². The summed E-state index contributed by atoms with van der Waals surface area (Å²) < 4.78 is 12.8. The summed E-state index contributed by atoms with van der Waals surface area (Å²) in [6.07, 6.45) is -0.765. The Balaban J connectivity index is 2.96. The summed E-state index contributed by atoms with van der Waals surface area (Å²) in [5.41, 5.74) is -0.842. The number of benzene rings is 1. The van der Waals surface area contributed by atoms with E-state index >= 15 is 0 Å². The van der Waals surface area contributed by atoms with Gasteiger partial charge in [0.25, 0.3) is 11.6 Å². The van der Waals surface area contributed by atoms with Gasteiger partial charge in [0.15, 0.2) is 0 Å². The van der Waals surface area contributed by atoms with E-state index in [2.05, 4.69) is 5.32 Å². The Kier molecular flexibility index (Phi) is 4.11. The SMILES string of the molecule is C[C@@H](O)CNC(=O)c1ccc(F)cc1[N+](=O)[O-]. The highest BCUT2D eigenvalue weighted by molar-refractivity contribution is 5.98. The molecule has 7 heteroatoms. The first-order valence-corrected chi connectivity index (χ1v) is 4.82. The Hall–Kier alpha value is -2.02. The van der Waals surface area contributed by atoms with Crippen molar-refractivity contribution in [1.29, 1.82) is 0 Å². The second kappa shape index (κ2) is 5.35. The molecule has 0 unspecified atom stereocenters. The van der Waals surface area contributed by atoms with Gasteiger partial charge < -0.3 is 10.4 Å². The second-order valence-electron chi connectivity index (χ2n) is 3.48. The van der Waals surface area contributed by atoms with E-state index in [1.807, 2.05) is 0 Å². The fraction of sp³-hybridized carbons (Fsp3) is 0.300. The molecule has 0 aliphatic rings. The number of rotatable bonds is 4. The molecule has 1 aromatic carbocycles. The Morgan fingerprint density at radius 2 is 2.29 bits per heavy atom. The second-order valence-corrected chi connectivity index (χ2v) is 3.48. The van der Waals surface area contributed by atoms with Crippen LogP contribution < -0.4 is 5.32 Å². The zero-order valence-corrected chi connectivity index (χ0v) is 9.01. The number of nitro groups is 1. The fourth-order valence-corrected chi connectivity index (χ4v) is 1.18. The highest BCUT2D eigenvalue weighted by atomic mass is 19.1. The summed E-state index contributed by atoms with van der Waals surface area (Å²) in [7, 11) is 0. The van der Waals surface area contributed by atoms with E-state index in [-0.39, 0.29) is 12.1 Å². The quantitative estimate of drug-likeness (QED) is 0.604. The van der Waals surface area contributed by atoms with Crippen LogP contribution >= 0.6 is 0 Å². The van der Waals surface area contributed by atoms with Gasteiger partial charge in [0.1, 0.15) is 11.4 Å². The predicted molar refractivity (Wildman–Crippen MR) is 57.1 cm³/mol. The van der Waals surface area contributed by atoms with Crippen LogP contribution in [0.15, 0.2) is 18.2 Å². The first-order valence-electron chi connectivity index (χ1n) is 4.82. The van der Waals surface area contributed by atoms with Crippen molar-refractivity contribution in [3.8, 4) is 0 Å². The Morgan fingerprint density at radius 3 is 2.82 bits per heavy atom.